The number of benzene rings is 3. The highest BCUT2D eigenvalue weighted by molar-refractivity contribution is 7.89. The number of carbonyl (C=O) groups excluding carboxylic acids is 1. The molecule has 0 saturated carbocycles. The molecule has 0 radical (unpaired) electrons. The molecule has 0 atom stereocenters. The highest BCUT2D eigenvalue weighted by atomic mass is 35.5. The molecule has 3 aromatic carbocycles. The summed E-state index contributed by atoms with van der Waals surface area (Å²) in [5.74, 6) is -0.151. The number of fused-ring (bicyclic) bond motifs is 1. The smallest absolute Gasteiger partial charge is 0.254 e. The summed E-state index contributed by atoms with van der Waals surface area (Å²) >= 11 is 12.1. The van der Waals surface area contributed by atoms with Crippen molar-refractivity contribution < 1.29 is 13.2 Å². The molecular weight excluding hydrogens is 505 g/mol. The number of aromatic nitrogens is 1. The highest BCUT2D eigenvalue weighted by Gasteiger charge is 2.32. The second-order valence-corrected chi connectivity index (χ2v) is 11.0. The molecule has 0 spiro atoms. The van der Waals surface area contributed by atoms with Crippen molar-refractivity contribution in [2.24, 2.45) is 0 Å². The van der Waals surface area contributed by atoms with Gasteiger partial charge in [-0.05, 0) is 30.3 Å². The van der Waals surface area contributed by atoms with Crippen molar-refractivity contribution in [1.29, 1.82) is 0 Å². The molecule has 1 fully saturated rings. The molecule has 9 heteroatoms. The number of nitrogens with zero attached hydrogens (tertiary/aromatic N) is 3. The number of sulfonamides is 1. The van der Waals surface area contributed by atoms with Crippen molar-refractivity contribution >= 4 is 50.0 Å². The molecule has 1 aliphatic heterocycles. The summed E-state index contributed by atoms with van der Waals surface area (Å²) in [7, 11) is -3.81. The molecule has 4 aromatic rings. The van der Waals surface area contributed by atoms with Gasteiger partial charge in [0.1, 0.15) is 4.90 Å². The maximum atomic E-state index is 13.6. The van der Waals surface area contributed by atoms with E-state index in [4.69, 9.17) is 28.2 Å². The van der Waals surface area contributed by atoms with E-state index in [1.165, 1.54) is 22.5 Å². The van der Waals surface area contributed by atoms with Crippen molar-refractivity contribution in [2.45, 2.75) is 4.90 Å². The van der Waals surface area contributed by atoms with Crippen LogP contribution in [0.3, 0.4) is 0 Å². The quantitative estimate of drug-likeness (QED) is 0.359. The van der Waals surface area contributed by atoms with Gasteiger partial charge in [0, 0.05) is 42.2 Å². The highest BCUT2D eigenvalue weighted by Crippen LogP contribution is 2.29. The Balaban J connectivity index is 1.41. The van der Waals surface area contributed by atoms with Crippen LogP contribution in [0.4, 0.5) is 0 Å². The molecule has 2 heterocycles. The summed E-state index contributed by atoms with van der Waals surface area (Å²) < 4.78 is 27.6. The van der Waals surface area contributed by atoms with Crippen LogP contribution in [-0.2, 0) is 10.0 Å². The number of para-hydroxylation sites is 1. The number of rotatable bonds is 4. The summed E-state index contributed by atoms with van der Waals surface area (Å²) in [5.41, 5.74) is 2.91. The first kappa shape index (κ1) is 23.8. The summed E-state index contributed by atoms with van der Waals surface area (Å²) in [6.45, 7) is 0.865. The minimum atomic E-state index is -3.81. The van der Waals surface area contributed by atoms with Crippen molar-refractivity contribution in [2.75, 3.05) is 26.2 Å². The first-order valence-corrected chi connectivity index (χ1v) is 13.2. The Morgan fingerprint density at radius 3 is 2.23 bits per heavy atom. The predicted molar refractivity (Wildman–Crippen MR) is 138 cm³/mol. The lowest BCUT2D eigenvalue weighted by Crippen LogP contribution is -2.50. The second-order valence-electron chi connectivity index (χ2n) is 8.21. The van der Waals surface area contributed by atoms with Crippen LogP contribution in [-0.4, -0.2) is 54.7 Å². The van der Waals surface area contributed by atoms with Crippen LogP contribution in [0.2, 0.25) is 10.0 Å². The average Bonchev–Trinajstić information content (AvgIpc) is 2.88. The van der Waals surface area contributed by atoms with Gasteiger partial charge in [-0.15, -0.1) is 0 Å². The van der Waals surface area contributed by atoms with Crippen LogP contribution >= 0.6 is 23.2 Å². The predicted octanol–water partition coefficient (Wildman–Crippen LogP) is 5.36. The maximum Gasteiger partial charge on any atom is 0.254 e. The maximum absolute atomic E-state index is 13.6. The Labute approximate surface area is 213 Å². The van der Waals surface area contributed by atoms with Crippen molar-refractivity contribution in [1.82, 2.24) is 14.2 Å². The topological polar surface area (TPSA) is 70.6 Å². The van der Waals surface area contributed by atoms with Gasteiger partial charge < -0.3 is 4.90 Å². The standard InChI is InChI=1S/C26H21Cl2N3O3S/c27-19-10-11-25(22(28)16-19)35(33,34)31-14-12-30(13-15-31)26(32)21-17-24(18-6-2-1-3-7-18)29-23-9-5-4-8-20(21)23/h1-11,16-17H,12-15H2. The fraction of sp³-hybridized carbons (Fsp3) is 0.154. The van der Waals surface area contributed by atoms with E-state index < -0.39 is 10.0 Å². The lowest BCUT2D eigenvalue weighted by atomic mass is 10.0. The third-order valence-corrected chi connectivity index (χ3v) is 8.67. The van der Waals surface area contributed by atoms with E-state index in [1.54, 1.807) is 4.90 Å². The summed E-state index contributed by atoms with van der Waals surface area (Å²) in [6, 6.07) is 23.4. The van der Waals surface area contributed by atoms with E-state index in [9.17, 15) is 13.2 Å². The zero-order chi connectivity index (χ0) is 24.6. The number of halogens is 2. The van der Waals surface area contributed by atoms with Gasteiger partial charge in [-0.1, -0.05) is 71.7 Å². The SMILES string of the molecule is O=C(c1cc(-c2ccccc2)nc2ccccc12)N1CCN(S(=O)(=O)c2ccc(Cl)cc2Cl)CC1. The lowest BCUT2D eigenvalue weighted by molar-refractivity contribution is 0.0700. The molecule has 0 bridgehead atoms. The van der Waals surface area contributed by atoms with Gasteiger partial charge in [0.2, 0.25) is 10.0 Å². The van der Waals surface area contributed by atoms with Crippen molar-refractivity contribution in [3.8, 4) is 11.3 Å². The van der Waals surface area contributed by atoms with Gasteiger partial charge in [0.15, 0.2) is 0 Å². The fourth-order valence-electron chi connectivity index (χ4n) is 4.23. The molecule has 0 N–H and O–H groups in total. The molecule has 6 nitrogen and oxygen atoms in total. The van der Waals surface area contributed by atoms with Crippen molar-refractivity contribution in [3.05, 3.63) is 94.5 Å². The molecular formula is C26H21Cl2N3O3S. The van der Waals surface area contributed by atoms with Gasteiger partial charge in [-0.2, -0.15) is 4.31 Å². The van der Waals surface area contributed by atoms with Crippen LogP contribution < -0.4 is 0 Å². The van der Waals surface area contributed by atoms with E-state index in [0.717, 1.165) is 16.5 Å². The first-order valence-electron chi connectivity index (χ1n) is 11.0. The largest absolute Gasteiger partial charge is 0.336 e. The second kappa shape index (κ2) is 9.59. The van der Waals surface area contributed by atoms with E-state index in [1.807, 2.05) is 60.7 Å². The molecule has 0 aliphatic carbocycles. The molecule has 1 saturated heterocycles. The van der Waals surface area contributed by atoms with Crippen LogP contribution in [0.25, 0.3) is 22.2 Å². The van der Waals surface area contributed by atoms with E-state index in [2.05, 4.69) is 0 Å². The van der Waals surface area contributed by atoms with E-state index >= 15 is 0 Å². The Morgan fingerprint density at radius 1 is 0.829 bits per heavy atom. The monoisotopic (exact) mass is 525 g/mol. The Kier molecular flexibility index (Phi) is 6.51. The zero-order valence-electron chi connectivity index (χ0n) is 18.6. The Hall–Kier alpha value is -2.97. The molecule has 0 unspecified atom stereocenters. The van der Waals surface area contributed by atoms with Gasteiger partial charge >= 0.3 is 0 Å². The molecule has 1 amide bonds. The minimum Gasteiger partial charge on any atom is -0.336 e. The Bertz CT molecular complexity index is 1520. The molecule has 5 rings (SSSR count). The Morgan fingerprint density at radius 2 is 1.51 bits per heavy atom. The summed E-state index contributed by atoms with van der Waals surface area (Å²) in [4.78, 5) is 20.1. The minimum absolute atomic E-state index is 0.0102. The number of amides is 1. The normalized spacial score (nSPS) is 14.9. The van der Waals surface area contributed by atoms with E-state index in [0.29, 0.717) is 16.3 Å². The summed E-state index contributed by atoms with van der Waals surface area (Å²) in [6.07, 6.45) is 0. The summed E-state index contributed by atoms with van der Waals surface area (Å²) in [5, 5.41) is 1.21. The van der Waals surface area contributed by atoms with Gasteiger partial charge in [-0.3, -0.25) is 4.79 Å². The molecule has 35 heavy (non-hydrogen) atoms. The van der Waals surface area contributed by atoms with Crippen LogP contribution in [0.1, 0.15) is 10.4 Å². The van der Waals surface area contributed by atoms with Gasteiger partial charge in [0.25, 0.3) is 5.91 Å². The third kappa shape index (κ3) is 4.65. The van der Waals surface area contributed by atoms with Crippen molar-refractivity contribution in [3.63, 3.8) is 0 Å². The molecule has 1 aliphatic rings. The average molecular weight is 526 g/mol. The number of piperazine rings is 1. The lowest BCUT2D eigenvalue weighted by Gasteiger charge is -2.34. The number of hydrogen-bond acceptors (Lipinski definition) is 4. The molecule has 178 valence electrons. The third-order valence-electron chi connectivity index (χ3n) is 6.05. The van der Waals surface area contributed by atoms with Crippen LogP contribution in [0.15, 0.2) is 83.8 Å². The van der Waals surface area contributed by atoms with Crippen LogP contribution in [0, 0.1) is 0 Å². The zero-order valence-corrected chi connectivity index (χ0v) is 20.9. The number of pyridine rings is 1. The van der Waals surface area contributed by atoms with Gasteiger partial charge in [-0.25, -0.2) is 13.4 Å². The number of hydrogen-bond donors (Lipinski definition) is 0. The molecule has 1 aromatic heterocycles. The van der Waals surface area contributed by atoms with Gasteiger partial charge in [0.05, 0.1) is 21.8 Å². The number of carbonyl (C=O) groups is 1. The van der Waals surface area contributed by atoms with E-state index in [-0.39, 0.29) is 42.0 Å². The first-order chi connectivity index (χ1) is 16.8. The van der Waals surface area contributed by atoms with Crippen LogP contribution in [0.5, 0.6) is 0 Å². The fourth-order valence-corrected chi connectivity index (χ4v) is 6.40.